The number of benzene rings is 3. The van der Waals surface area contributed by atoms with E-state index in [1.807, 2.05) is 23.1 Å². The molecule has 1 amide bonds. The molecule has 0 aromatic heterocycles. The number of ether oxygens (including phenoxy) is 1. The first-order valence-electron chi connectivity index (χ1n) is 13.8. The molecule has 0 radical (unpaired) electrons. The zero-order chi connectivity index (χ0) is 28.1. The van der Waals surface area contributed by atoms with Gasteiger partial charge >= 0.3 is 6.18 Å². The summed E-state index contributed by atoms with van der Waals surface area (Å²) in [6.07, 6.45) is -3.13. The van der Waals surface area contributed by atoms with E-state index in [4.69, 9.17) is 10.5 Å². The highest BCUT2D eigenvalue weighted by atomic mass is 19.4. The molecule has 3 aromatic carbocycles. The largest absolute Gasteiger partial charge is 0.490 e. The lowest BCUT2D eigenvalue weighted by Crippen LogP contribution is -2.48. The molecular weight excluding hydrogens is 517 g/mol. The van der Waals surface area contributed by atoms with Gasteiger partial charge in [0.1, 0.15) is 11.9 Å². The van der Waals surface area contributed by atoms with Crippen LogP contribution < -0.4 is 15.4 Å². The molecule has 0 spiro atoms. The SMILES string of the molecule is Nc1ccc(OC2CCN(C(=O)CCN3CCN(c4ccc(-c5ccccc5)cc4)CC3)CC2)cc1C(F)(F)F. The van der Waals surface area contributed by atoms with Crippen molar-refractivity contribution in [3.8, 4) is 16.9 Å². The van der Waals surface area contributed by atoms with E-state index >= 15 is 0 Å². The molecule has 2 fully saturated rings. The van der Waals surface area contributed by atoms with Crippen LogP contribution in [0.2, 0.25) is 0 Å². The molecule has 2 saturated heterocycles. The topological polar surface area (TPSA) is 62.0 Å². The van der Waals surface area contributed by atoms with E-state index in [2.05, 4.69) is 46.2 Å². The number of hydrogen-bond acceptors (Lipinski definition) is 5. The Bertz CT molecular complexity index is 1270. The summed E-state index contributed by atoms with van der Waals surface area (Å²) >= 11 is 0. The van der Waals surface area contributed by atoms with E-state index in [-0.39, 0.29) is 23.4 Å². The standard InChI is InChI=1S/C31H35F3N4O2/c32-31(33,34)28-22-27(10-11-29(28)35)40-26-12-16-38(17-13-26)30(39)14-15-36-18-20-37(21-19-36)25-8-6-24(7-9-25)23-4-2-1-3-5-23/h1-11,22,26H,12-21,35H2. The number of carbonyl (C=O) groups excluding carboxylic acids is 1. The first-order valence-corrected chi connectivity index (χ1v) is 13.8. The summed E-state index contributed by atoms with van der Waals surface area (Å²) in [4.78, 5) is 19.4. The predicted molar refractivity (Wildman–Crippen MR) is 151 cm³/mol. The quantitative estimate of drug-likeness (QED) is 0.390. The minimum absolute atomic E-state index is 0.115. The number of rotatable bonds is 7. The van der Waals surface area contributed by atoms with Crippen LogP contribution in [0.25, 0.3) is 11.1 Å². The number of nitrogen functional groups attached to an aromatic ring is 1. The molecule has 2 aliphatic heterocycles. The van der Waals surface area contributed by atoms with Crippen LogP contribution in [0.4, 0.5) is 24.5 Å². The van der Waals surface area contributed by atoms with Gasteiger partial charge in [0, 0.05) is 76.5 Å². The summed E-state index contributed by atoms with van der Waals surface area (Å²) in [5, 5.41) is 0. The predicted octanol–water partition coefficient (Wildman–Crippen LogP) is 5.54. The molecule has 5 rings (SSSR count). The molecule has 0 bridgehead atoms. The fourth-order valence-corrected chi connectivity index (χ4v) is 5.41. The molecule has 2 aliphatic rings. The number of carbonyl (C=O) groups is 1. The normalized spacial score (nSPS) is 17.2. The van der Waals surface area contributed by atoms with Gasteiger partial charge in [-0.1, -0.05) is 42.5 Å². The lowest BCUT2D eigenvalue weighted by molar-refractivity contribution is -0.137. The van der Waals surface area contributed by atoms with E-state index in [0.29, 0.717) is 32.4 Å². The van der Waals surface area contributed by atoms with E-state index in [9.17, 15) is 18.0 Å². The second-order valence-corrected chi connectivity index (χ2v) is 10.4. The van der Waals surface area contributed by atoms with Gasteiger partial charge < -0.3 is 20.3 Å². The molecule has 0 aliphatic carbocycles. The summed E-state index contributed by atoms with van der Waals surface area (Å²) in [6.45, 7) is 5.46. The van der Waals surface area contributed by atoms with Crippen molar-refractivity contribution < 1.29 is 22.7 Å². The number of halogens is 3. The van der Waals surface area contributed by atoms with Gasteiger partial charge in [-0.3, -0.25) is 9.69 Å². The Balaban J connectivity index is 1.02. The van der Waals surface area contributed by atoms with Crippen LogP contribution in [-0.2, 0) is 11.0 Å². The molecule has 0 unspecified atom stereocenters. The maximum Gasteiger partial charge on any atom is 0.418 e. The van der Waals surface area contributed by atoms with Crippen LogP contribution in [-0.4, -0.2) is 67.6 Å². The molecular formula is C31H35F3N4O2. The third kappa shape index (κ3) is 6.88. The Morgan fingerprint density at radius 3 is 2.15 bits per heavy atom. The number of alkyl halides is 3. The van der Waals surface area contributed by atoms with Crippen LogP contribution >= 0.6 is 0 Å². The molecule has 212 valence electrons. The summed E-state index contributed by atoms with van der Waals surface area (Å²) in [7, 11) is 0. The average Bonchev–Trinajstić information content (AvgIpc) is 2.97. The van der Waals surface area contributed by atoms with E-state index < -0.39 is 11.7 Å². The Morgan fingerprint density at radius 2 is 1.50 bits per heavy atom. The van der Waals surface area contributed by atoms with Crippen LogP contribution in [0, 0.1) is 0 Å². The molecule has 2 heterocycles. The number of piperidine rings is 1. The number of piperazine rings is 1. The van der Waals surface area contributed by atoms with Crippen molar-refractivity contribution in [3.05, 3.63) is 78.4 Å². The van der Waals surface area contributed by atoms with Crippen molar-refractivity contribution in [2.24, 2.45) is 0 Å². The summed E-state index contributed by atoms with van der Waals surface area (Å²) in [5.74, 6) is 0.266. The highest BCUT2D eigenvalue weighted by Crippen LogP contribution is 2.36. The van der Waals surface area contributed by atoms with Crippen LogP contribution in [0.15, 0.2) is 72.8 Å². The number of likely N-dealkylation sites (tertiary alicyclic amines) is 1. The van der Waals surface area contributed by atoms with Gasteiger partial charge in [0.05, 0.1) is 5.56 Å². The first-order chi connectivity index (χ1) is 19.3. The monoisotopic (exact) mass is 552 g/mol. The fraction of sp³-hybridized carbons (Fsp3) is 0.387. The number of amides is 1. The molecule has 0 atom stereocenters. The van der Waals surface area contributed by atoms with E-state index in [1.54, 1.807) is 0 Å². The average molecular weight is 553 g/mol. The van der Waals surface area contributed by atoms with Crippen molar-refractivity contribution >= 4 is 17.3 Å². The molecule has 0 saturated carbocycles. The zero-order valence-electron chi connectivity index (χ0n) is 22.4. The highest BCUT2D eigenvalue weighted by Gasteiger charge is 2.34. The maximum absolute atomic E-state index is 13.1. The van der Waals surface area contributed by atoms with Crippen LogP contribution in [0.3, 0.4) is 0 Å². The van der Waals surface area contributed by atoms with Gasteiger partial charge in [-0.25, -0.2) is 0 Å². The highest BCUT2D eigenvalue weighted by molar-refractivity contribution is 5.76. The van der Waals surface area contributed by atoms with Crippen molar-refractivity contribution in [2.45, 2.75) is 31.5 Å². The Kier molecular flexibility index (Phi) is 8.49. The maximum atomic E-state index is 13.1. The van der Waals surface area contributed by atoms with Crippen LogP contribution in [0.5, 0.6) is 5.75 Å². The smallest absolute Gasteiger partial charge is 0.418 e. The molecule has 6 nitrogen and oxygen atoms in total. The Hall–Kier alpha value is -3.72. The summed E-state index contributed by atoms with van der Waals surface area (Å²) < 4.78 is 45.2. The van der Waals surface area contributed by atoms with Crippen molar-refractivity contribution in [2.75, 3.05) is 56.4 Å². The number of nitrogens with two attached hydrogens (primary N) is 1. The van der Waals surface area contributed by atoms with Crippen LogP contribution in [0.1, 0.15) is 24.8 Å². The summed E-state index contributed by atoms with van der Waals surface area (Å²) in [6, 6.07) is 22.7. The van der Waals surface area contributed by atoms with E-state index in [1.165, 1.54) is 28.9 Å². The lowest BCUT2D eigenvalue weighted by Gasteiger charge is -2.37. The number of hydrogen-bond donors (Lipinski definition) is 1. The van der Waals surface area contributed by atoms with Gasteiger partial charge in [0.25, 0.3) is 0 Å². The first kappa shape index (κ1) is 27.8. The van der Waals surface area contributed by atoms with Crippen molar-refractivity contribution in [3.63, 3.8) is 0 Å². The van der Waals surface area contributed by atoms with Crippen molar-refractivity contribution in [1.82, 2.24) is 9.80 Å². The van der Waals surface area contributed by atoms with Gasteiger partial charge in [-0.2, -0.15) is 13.2 Å². The van der Waals surface area contributed by atoms with E-state index in [0.717, 1.165) is 38.8 Å². The number of anilines is 2. The zero-order valence-corrected chi connectivity index (χ0v) is 22.4. The van der Waals surface area contributed by atoms with Gasteiger partial charge in [0.15, 0.2) is 0 Å². The number of nitrogens with zero attached hydrogens (tertiary/aromatic N) is 3. The third-order valence-electron chi connectivity index (χ3n) is 7.78. The lowest BCUT2D eigenvalue weighted by atomic mass is 10.1. The Morgan fingerprint density at radius 1 is 0.850 bits per heavy atom. The second kappa shape index (κ2) is 12.2. The third-order valence-corrected chi connectivity index (χ3v) is 7.78. The molecule has 9 heteroatoms. The van der Waals surface area contributed by atoms with Gasteiger partial charge in [-0.05, 0) is 41.5 Å². The minimum Gasteiger partial charge on any atom is -0.490 e. The molecule has 40 heavy (non-hydrogen) atoms. The van der Waals surface area contributed by atoms with Gasteiger partial charge in [0.2, 0.25) is 5.91 Å². The Labute approximate surface area is 233 Å². The summed E-state index contributed by atoms with van der Waals surface area (Å²) in [5.41, 5.74) is 7.90. The minimum atomic E-state index is -4.53. The fourth-order valence-electron chi connectivity index (χ4n) is 5.41. The molecule has 3 aromatic rings. The van der Waals surface area contributed by atoms with Gasteiger partial charge in [-0.15, -0.1) is 0 Å². The molecule has 2 N–H and O–H groups in total. The van der Waals surface area contributed by atoms with Crippen molar-refractivity contribution in [1.29, 1.82) is 0 Å². The second-order valence-electron chi connectivity index (χ2n) is 10.4.